The van der Waals surface area contributed by atoms with E-state index in [0.29, 0.717) is 0 Å². The Hall–Kier alpha value is -1.07. The molecule has 0 radical (unpaired) electrons. The van der Waals surface area contributed by atoms with E-state index < -0.39 is 0 Å². The number of benzene rings is 1. The molecule has 0 bridgehead atoms. The Kier molecular flexibility index (Phi) is 2.34. The summed E-state index contributed by atoms with van der Waals surface area (Å²) < 4.78 is 1.21. The van der Waals surface area contributed by atoms with E-state index >= 15 is 0 Å². The Labute approximate surface area is 95.6 Å². The van der Waals surface area contributed by atoms with E-state index in [-0.39, 0.29) is 0 Å². The van der Waals surface area contributed by atoms with E-state index in [1.54, 1.807) is 23.1 Å². The molecule has 0 spiro atoms. The first-order valence-electron chi connectivity index (χ1n) is 4.69. The second kappa shape index (κ2) is 3.83. The van der Waals surface area contributed by atoms with Gasteiger partial charge < -0.3 is 5.32 Å². The number of thioether (sulfide) groups is 1. The van der Waals surface area contributed by atoms with Gasteiger partial charge in [0.05, 0.1) is 22.3 Å². The molecule has 0 atom stereocenters. The molecule has 1 aliphatic heterocycles. The van der Waals surface area contributed by atoms with Crippen LogP contribution in [0.25, 0.3) is 10.2 Å². The summed E-state index contributed by atoms with van der Waals surface area (Å²) in [5.41, 5.74) is 4.03. The van der Waals surface area contributed by atoms with Gasteiger partial charge >= 0.3 is 0 Å². The van der Waals surface area contributed by atoms with Crippen molar-refractivity contribution in [3.05, 3.63) is 23.7 Å². The molecule has 1 N–H and O–H groups in total. The molecular weight excluding hydrogens is 226 g/mol. The minimum atomic E-state index is 0.926. The van der Waals surface area contributed by atoms with Gasteiger partial charge in [-0.3, -0.25) is 4.99 Å². The molecule has 0 unspecified atom stereocenters. The lowest BCUT2D eigenvalue weighted by atomic mass is 10.3. The first-order valence-corrected chi connectivity index (χ1v) is 6.56. The third kappa shape index (κ3) is 1.85. The number of aliphatic imine (C=N–C) groups is 1. The van der Waals surface area contributed by atoms with Crippen LogP contribution in [0.1, 0.15) is 0 Å². The third-order valence-electron chi connectivity index (χ3n) is 2.17. The Morgan fingerprint density at radius 1 is 1.33 bits per heavy atom. The number of nitrogens with one attached hydrogen (secondary N) is 1. The lowest BCUT2D eigenvalue weighted by Gasteiger charge is -2.04. The van der Waals surface area contributed by atoms with Crippen LogP contribution in [0.3, 0.4) is 0 Å². The first-order chi connectivity index (χ1) is 7.42. The average molecular weight is 235 g/mol. The van der Waals surface area contributed by atoms with Gasteiger partial charge in [-0.05, 0) is 18.2 Å². The normalized spacial score (nSPS) is 15.6. The van der Waals surface area contributed by atoms with Crippen LogP contribution in [0.2, 0.25) is 0 Å². The number of aromatic nitrogens is 1. The molecule has 1 aliphatic rings. The highest BCUT2D eigenvalue weighted by Crippen LogP contribution is 2.23. The molecule has 0 saturated heterocycles. The molecule has 3 rings (SSSR count). The molecule has 1 aromatic heterocycles. The predicted octanol–water partition coefficient (Wildman–Crippen LogP) is 2.81. The molecule has 1 aromatic carbocycles. The first kappa shape index (κ1) is 9.18. The number of anilines is 1. The van der Waals surface area contributed by atoms with E-state index in [1.807, 2.05) is 17.6 Å². The van der Waals surface area contributed by atoms with Crippen molar-refractivity contribution in [1.29, 1.82) is 0 Å². The minimum Gasteiger partial charge on any atom is -0.335 e. The largest absolute Gasteiger partial charge is 0.335 e. The quantitative estimate of drug-likeness (QED) is 0.826. The van der Waals surface area contributed by atoms with Gasteiger partial charge in [0, 0.05) is 11.4 Å². The zero-order valence-corrected chi connectivity index (χ0v) is 9.57. The van der Waals surface area contributed by atoms with Crippen LogP contribution in [-0.2, 0) is 0 Å². The summed E-state index contributed by atoms with van der Waals surface area (Å²) in [6.07, 6.45) is 0. The van der Waals surface area contributed by atoms with Crippen LogP contribution in [0.4, 0.5) is 5.69 Å². The number of rotatable bonds is 1. The Bertz CT molecular complexity index is 518. The molecule has 3 nitrogen and oxygen atoms in total. The van der Waals surface area contributed by atoms with E-state index in [9.17, 15) is 0 Å². The fraction of sp³-hybridized carbons (Fsp3) is 0.200. The summed E-state index contributed by atoms with van der Waals surface area (Å²) >= 11 is 3.43. The maximum Gasteiger partial charge on any atom is 0.161 e. The van der Waals surface area contributed by atoms with Gasteiger partial charge in [-0.25, -0.2) is 4.98 Å². The van der Waals surface area contributed by atoms with Crippen molar-refractivity contribution in [2.75, 3.05) is 17.6 Å². The van der Waals surface area contributed by atoms with Crippen molar-refractivity contribution in [3.63, 3.8) is 0 Å². The van der Waals surface area contributed by atoms with Crippen molar-refractivity contribution < 1.29 is 0 Å². The number of hydrogen-bond acceptors (Lipinski definition) is 5. The highest BCUT2D eigenvalue weighted by atomic mass is 32.2. The number of hydrogen-bond donors (Lipinski definition) is 1. The van der Waals surface area contributed by atoms with E-state index in [4.69, 9.17) is 0 Å². The molecular formula is C10H9N3S2. The molecule has 2 heterocycles. The molecule has 0 amide bonds. The van der Waals surface area contributed by atoms with Gasteiger partial charge in [-0.2, -0.15) is 0 Å². The molecule has 0 saturated carbocycles. The highest BCUT2D eigenvalue weighted by Gasteiger charge is 2.07. The molecule has 15 heavy (non-hydrogen) atoms. The SMILES string of the molecule is c1nc2ccc(NC3=NCCS3)cc2s1. The minimum absolute atomic E-state index is 0.926. The van der Waals surface area contributed by atoms with Crippen molar-refractivity contribution in [2.45, 2.75) is 0 Å². The summed E-state index contributed by atoms with van der Waals surface area (Å²) in [6, 6.07) is 6.20. The van der Waals surface area contributed by atoms with Crippen LogP contribution < -0.4 is 5.32 Å². The van der Waals surface area contributed by atoms with E-state index in [1.165, 1.54) is 4.70 Å². The van der Waals surface area contributed by atoms with Gasteiger partial charge in [0.25, 0.3) is 0 Å². The number of amidine groups is 1. The Balaban J connectivity index is 1.90. The van der Waals surface area contributed by atoms with Crippen molar-refractivity contribution in [1.82, 2.24) is 4.98 Å². The average Bonchev–Trinajstić information content (AvgIpc) is 2.87. The second-order valence-corrected chi connectivity index (χ2v) is 5.17. The predicted molar refractivity (Wildman–Crippen MR) is 68.0 cm³/mol. The van der Waals surface area contributed by atoms with Gasteiger partial charge in [-0.1, -0.05) is 11.8 Å². The third-order valence-corrected chi connectivity index (χ3v) is 3.85. The zero-order chi connectivity index (χ0) is 10.1. The fourth-order valence-electron chi connectivity index (χ4n) is 1.47. The molecule has 0 aliphatic carbocycles. The molecule has 5 heteroatoms. The maximum absolute atomic E-state index is 4.35. The van der Waals surface area contributed by atoms with Gasteiger partial charge in [0.1, 0.15) is 0 Å². The standard InChI is InChI=1S/C10H9N3S2/c1-2-8-9(15-6-12-8)5-7(1)13-10-11-3-4-14-10/h1-2,5-6H,3-4H2,(H,11,13). The van der Waals surface area contributed by atoms with Crippen LogP contribution in [0.15, 0.2) is 28.7 Å². The molecule has 0 fully saturated rings. The number of thiazole rings is 1. The van der Waals surface area contributed by atoms with Crippen LogP contribution >= 0.6 is 23.1 Å². The van der Waals surface area contributed by atoms with Crippen molar-refractivity contribution >= 4 is 44.2 Å². The highest BCUT2D eigenvalue weighted by molar-refractivity contribution is 8.14. The van der Waals surface area contributed by atoms with Crippen LogP contribution in [-0.4, -0.2) is 22.4 Å². The van der Waals surface area contributed by atoms with Crippen molar-refractivity contribution in [2.24, 2.45) is 4.99 Å². The topological polar surface area (TPSA) is 37.3 Å². The Morgan fingerprint density at radius 2 is 2.33 bits per heavy atom. The number of nitrogens with zero attached hydrogens (tertiary/aromatic N) is 2. The molecule has 2 aromatic rings. The van der Waals surface area contributed by atoms with Gasteiger partial charge in [0.15, 0.2) is 5.17 Å². The van der Waals surface area contributed by atoms with E-state index in [0.717, 1.165) is 28.7 Å². The summed E-state index contributed by atoms with van der Waals surface area (Å²) in [5, 5.41) is 4.34. The van der Waals surface area contributed by atoms with Crippen LogP contribution in [0, 0.1) is 0 Å². The molecule has 76 valence electrons. The fourth-order valence-corrected chi connectivity index (χ4v) is 2.93. The lowest BCUT2D eigenvalue weighted by molar-refractivity contribution is 1.17. The maximum atomic E-state index is 4.35. The summed E-state index contributed by atoms with van der Waals surface area (Å²) in [7, 11) is 0. The summed E-state index contributed by atoms with van der Waals surface area (Å²) in [5.74, 6) is 1.09. The van der Waals surface area contributed by atoms with Crippen LogP contribution in [0.5, 0.6) is 0 Å². The van der Waals surface area contributed by atoms with Gasteiger partial charge in [0.2, 0.25) is 0 Å². The van der Waals surface area contributed by atoms with Crippen molar-refractivity contribution in [3.8, 4) is 0 Å². The lowest BCUT2D eigenvalue weighted by Crippen LogP contribution is -2.04. The smallest absolute Gasteiger partial charge is 0.161 e. The Morgan fingerprint density at radius 3 is 3.20 bits per heavy atom. The van der Waals surface area contributed by atoms with Gasteiger partial charge in [-0.15, -0.1) is 11.3 Å². The summed E-state index contributed by atoms with van der Waals surface area (Å²) in [6.45, 7) is 0.926. The van der Waals surface area contributed by atoms with E-state index in [2.05, 4.69) is 21.4 Å². The summed E-state index contributed by atoms with van der Waals surface area (Å²) in [4.78, 5) is 8.60. The number of fused-ring (bicyclic) bond motifs is 1. The zero-order valence-electron chi connectivity index (χ0n) is 7.93. The monoisotopic (exact) mass is 235 g/mol. The second-order valence-electron chi connectivity index (χ2n) is 3.20.